The highest BCUT2D eigenvalue weighted by Gasteiger charge is 2.45. The molecule has 2 saturated heterocycles. The van der Waals surface area contributed by atoms with Crippen LogP contribution in [0.15, 0.2) is 29.2 Å². The number of fused-ring (bicyclic) bond motifs is 1. The summed E-state index contributed by atoms with van der Waals surface area (Å²) in [6.07, 6.45) is 1.25. The summed E-state index contributed by atoms with van der Waals surface area (Å²) in [6, 6.07) is 6.67. The maximum absolute atomic E-state index is 13.0. The van der Waals surface area contributed by atoms with Gasteiger partial charge in [0, 0.05) is 13.0 Å². The molecular weight excluding hydrogens is 302 g/mol. The van der Waals surface area contributed by atoms with Crippen molar-refractivity contribution in [1.29, 1.82) is 0 Å². The van der Waals surface area contributed by atoms with Crippen molar-refractivity contribution in [3.05, 3.63) is 29.8 Å². The van der Waals surface area contributed by atoms with Gasteiger partial charge in [-0.25, -0.2) is 8.42 Å². The molecule has 0 saturated carbocycles. The number of piperidine rings is 1. The smallest absolute Gasteiger partial charge is 0.306 e. The van der Waals surface area contributed by atoms with E-state index in [1.165, 1.54) is 0 Å². The Kier molecular flexibility index (Phi) is 3.99. The second kappa shape index (κ2) is 5.66. The van der Waals surface area contributed by atoms with Crippen LogP contribution >= 0.6 is 0 Å². The van der Waals surface area contributed by atoms with E-state index in [1.54, 1.807) is 28.6 Å². The second-order valence-corrected chi connectivity index (χ2v) is 8.25. The molecule has 0 amide bonds. The quantitative estimate of drug-likeness (QED) is 0.782. The van der Waals surface area contributed by atoms with Gasteiger partial charge in [0.1, 0.15) is 6.10 Å². The molecule has 3 rings (SSSR count). The summed E-state index contributed by atoms with van der Waals surface area (Å²) in [4.78, 5) is 11.8. The Labute approximate surface area is 131 Å². The number of esters is 1. The number of rotatable bonds is 2. The summed E-state index contributed by atoms with van der Waals surface area (Å²) >= 11 is 0. The Bertz CT molecular complexity index is 668. The van der Waals surface area contributed by atoms with Crippen LogP contribution in [0.3, 0.4) is 0 Å². The van der Waals surface area contributed by atoms with Gasteiger partial charge < -0.3 is 4.74 Å². The van der Waals surface area contributed by atoms with Crippen molar-refractivity contribution in [3.63, 3.8) is 0 Å². The number of aryl methyl sites for hydroxylation is 1. The molecule has 2 fully saturated rings. The number of hydrogen-bond acceptors (Lipinski definition) is 4. The van der Waals surface area contributed by atoms with Gasteiger partial charge in [-0.3, -0.25) is 4.79 Å². The number of carbonyl (C=O) groups is 1. The van der Waals surface area contributed by atoms with Crippen molar-refractivity contribution < 1.29 is 17.9 Å². The Morgan fingerprint density at radius 2 is 1.91 bits per heavy atom. The molecule has 1 aromatic rings. The first-order chi connectivity index (χ1) is 10.4. The first-order valence-electron chi connectivity index (χ1n) is 7.66. The average Bonchev–Trinajstić information content (AvgIpc) is 2.46. The van der Waals surface area contributed by atoms with Crippen LogP contribution < -0.4 is 0 Å². The highest BCUT2D eigenvalue weighted by atomic mass is 32.2. The molecule has 0 radical (unpaired) electrons. The lowest BCUT2D eigenvalue weighted by Gasteiger charge is -2.44. The monoisotopic (exact) mass is 323 g/mol. The van der Waals surface area contributed by atoms with Gasteiger partial charge in [0.05, 0.1) is 10.9 Å². The van der Waals surface area contributed by atoms with Crippen LogP contribution in [0.2, 0.25) is 0 Å². The minimum Gasteiger partial charge on any atom is -0.461 e. The maximum Gasteiger partial charge on any atom is 0.306 e. The molecule has 0 N–H and O–H groups in total. The first kappa shape index (κ1) is 15.5. The lowest BCUT2D eigenvalue weighted by molar-refractivity contribution is -0.162. The van der Waals surface area contributed by atoms with E-state index in [0.717, 1.165) is 12.0 Å². The number of nitrogens with zero attached hydrogens (tertiary/aromatic N) is 1. The van der Waals surface area contributed by atoms with Gasteiger partial charge in [0.2, 0.25) is 10.0 Å². The third kappa shape index (κ3) is 2.77. The molecule has 120 valence electrons. The molecule has 2 aliphatic heterocycles. The number of carbonyl (C=O) groups excluding carboxylic acids is 1. The lowest BCUT2D eigenvalue weighted by atomic mass is 9.89. The van der Waals surface area contributed by atoms with E-state index < -0.39 is 10.0 Å². The summed E-state index contributed by atoms with van der Waals surface area (Å²) in [6.45, 7) is 4.40. The molecule has 0 aliphatic carbocycles. The SMILES string of the molecule is Cc1ccc(S(=O)(=O)N2C[C@@H](C)C[C@H]3OC(=O)CC[C@@H]32)cc1. The Balaban J connectivity index is 1.94. The van der Waals surface area contributed by atoms with Crippen molar-refractivity contribution in [2.75, 3.05) is 6.54 Å². The zero-order valence-electron chi connectivity index (χ0n) is 12.9. The minimum absolute atomic E-state index is 0.173. The summed E-state index contributed by atoms with van der Waals surface area (Å²) in [5.41, 5.74) is 1.02. The summed E-state index contributed by atoms with van der Waals surface area (Å²) in [7, 11) is -3.56. The molecule has 0 aromatic heterocycles. The Hall–Kier alpha value is -1.40. The summed E-state index contributed by atoms with van der Waals surface area (Å²) in [5, 5.41) is 0. The molecule has 5 nitrogen and oxygen atoms in total. The van der Waals surface area contributed by atoms with E-state index in [9.17, 15) is 13.2 Å². The van der Waals surface area contributed by atoms with Crippen molar-refractivity contribution in [3.8, 4) is 0 Å². The minimum atomic E-state index is -3.56. The summed E-state index contributed by atoms with van der Waals surface area (Å²) < 4.78 is 32.9. The van der Waals surface area contributed by atoms with Crippen molar-refractivity contribution in [2.24, 2.45) is 5.92 Å². The van der Waals surface area contributed by atoms with Gasteiger partial charge in [-0.15, -0.1) is 0 Å². The molecule has 3 atom stereocenters. The normalized spacial score (nSPS) is 29.7. The molecular formula is C16H21NO4S. The van der Waals surface area contributed by atoms with Crippen LogP contribution in [-0.4, -0.2) is 37.4 Å². The van der Waals surface area contributed by atoms with Crippen LogP contribution in [0.1, 0.15) is 31.7 Å². The zero-order chi connectivity index (χ0) is 15.9. The average molecular weight is 323 g/mol. The molecule has 22 heavy (non-hydrogen) atoms. The number of benzene rings is 1. The molecule has 0 spiro atoms. The zero-order valence-corrected chi connectivity index (χ0v) is 13.7. The van der Waals surface area contributed by atoms with Crippen LogP contribution in [0.4, 0.5) is 0 Å². The molecule has 0 bridgehead atoms. The van der Waals surface area contributed by atoms with Gasteiger partial charge >= 0.3 is 5.97 Å². The fourth-order valence-electron chi connectivity index (χ4n) is 3.33. The van der Waals surface area contributed by atoms with E-state index in [4.69, 9.17) is 4.74 Å². The van der Waals surface area contributed by atoms with Crippen LogP contribution in [0, 0.1) is 12.8 Å². The number of hydrogen-bond donors (Lipinski definition) is 0. The molecule has 2 heterocycles. The van der Waals surface area contributed by atoms with Gasteiger partial charge in [0.25, 0.3) is 0 Å². The van der Waals surface area contributed by atoms with E-state index in [1.807, 2.05) is 13.8 Å². The van der Waals surface area contributed by atoms with E-state index in [-0.39, 0.29) is 30.5 Å². The van der Waals surface area contributed by atoms with Crippen molar-refractivity contribution in [2.45, 2.75) is 50.2 Å². The third-order valence-corrected chi connectivity index (χ3v) is 6.39. The predicted molar refractivity (Wildman–Crippen MR) is 81.8 cm³/mol. The highest BCUT2D eigenvalue weighted by Crippen LogP contribution is 2.34. The molecule has 1 aromatic carbocycles. The molecule has 2 aliphatic rings. The molecule has 6 heteroatoms. The third-order valence-electron chi connectivity index (χ3n) is 4.48. The van der Waals surface area contributed by atoms with Crippen LogP contribution in [0.25, 0.3) is 0 Å². The number of ether oxygens (including phenoxy) is 1. The van der Waals surface area contributed by atoms with Crippen LogP contribution in [-0.2, 0) is 19.6 Å². The topological polar surface area (TPSA) is 63.7 Å². The van der Waals surface area contributed by atoms with E-state index in [2.05, 4.69) is 0 Å². The van der Waals surface area contributed by atoms with Gasteiger partial charge in [-0.1, -0.05) is 24.6 Å². The molecule has 0 unspecified atom stereocenters. The first-order valence-corrected chi connectivity index (χ1v) is 9.10. The van der Waals surface area contributed by atoms with E-state index >= 15 is 0 Å². The summed E-state index contributed by atoms with van der Waals surface area (Å²) in [5.74, 6) is -0.0459. The van der Waals surface area contributed by atoms with Crippen molar-refractivity contribution in [1.82, 2.24) is 4.31 Å². The van der Waals surface area contributed by atoms with Crippen LogP contribution in [0.5, 0.6) is 0 Å². The van der Waals surface area contributed by atoms with Gasteiger partial charge in [-0.05, 0) is 37.8 Å². The number of sulfonamides is 1. The fraction of sp³-hybridized carbons (Fsp3) is 0.562. The van der Waals surface area contributed by atoms with Gasteiger partial charge in [-0.2, -0.15) is 4.31 Å². The Morgan fingerprint density at radius 1 is 1.23 bits per heavy atom. The predicted octanol–water partition coefficient (Wildman–Crippen LogP) is 2.10. The maximum atomic E-state index is 13.0. The highest BCUT2D eigenvalue weighted by molar-refractivity contribution is 7.89. The van der Waals surface area contributed by atoms with Crippen molar-refractivity contribution >= 4 is 16.0 Å². The second-order valence-electron chi connectivity index (χ2n) is 6.36. The van der Waals surface area contributed by atoms with Gasteiger partial charge in [0.15, 0.2) is 0 Å². The lowest BCUT2D eigenvalue weighted by Crippen LogP contribution is -2.56. The fourth-order valence-corrected chi connectivity index (χ4v) is 5.13. The van der Waals surface area contributed by atoms with E-state index in [0.29, 0.717) is 17.9 Å². The largest absolute Gasteiger partial charge is 0.461 e. The Morgan fingerprint density at radius 3 is 2.59 bits per heavy atom. The standard InChI is InChI=1S/C16H21NO4S/c1-11-3-5-13(6-4-11)22(19,20)17-10-12(2)9-15-14(17)7-8-16(18)21-15/h3-6,12,14-15H,7-10H2,1-2H3/t12-,14-,15+/m0/s1.